The van der Waals surface area contributed by atoms with Gasteiger partial charge in [0.05, 0.1) is 20.1 Å². The zero-order valence-corrected chi connectivity index (χ0v) is 19.0. The molecule has 0 aliphatic heterocycles. The Morgan fingerprint density at radius 2 is 0.862 bits per heavy atom. The van der Waals surface area contributed by atoms with Crippen LogP contribution in [0.1, 0.15) is 38.8 Å². The quantitative estimate of drug-likeness (QED) is 0.401. The molecule has 0 spiro atoms. The van der Waals surface area contributed by atoms with E-state index in [-0.39, 0.29) is 31.6 Å². The van der Waals surface area contributed by atoms with E-state index in [0.29, 0.717) is 0 Å². The molecule has 0 saturated carbocycles. The van der Waals surface area contributed by atoms with Crippen molar-refractivity contribution in [1.82, 2.24) is 0 Å². The molecule has 0 fully saturated rings. The third kappa shape index (κ3) is 8.58. The fourth-order valence-corrected chi connectivity index (χ4v) is 2.99. The lowest BCUT2D eigenvalue weighted by atomic mass is 9.78. The predicted molar refractivity (Wildman–Crippen MR) is 115 cm³/mol. The largest absolute Gasteiger partial charge is 0.505 e. The monoisotopic (exact) mass is 484 g/mol. The molecule has 10 heteroatoms. The van der Waals surface area contributed by atoms with Crippen LogP contribution in [0.5, 0.6) is 11.5 Å². The summed E-state index contributed by atoms with van der Waals surface area (Å²) in [6, 6.07) is 6.55. The van der Waals surface area contributed by atoms with Gasteiger partial charge in [-0.25, -0.2) is 0 Å². The summed E-state index contributed by atoms with van der Waals surface area (Å²) in [7, 11) is 0. The Morgan fingerprint density at radius 1 is 0.690 bits per heavy atom. The van der Waals surface area contributed by atoms with E-state index in [1.807, 2.05) is 13.8 Å². The van der Waals surface area contributed by atoms with Crippen LogP contribution in [0.15, 0.2) is 24.3 Å². The summed E-state index contributed by atoms with van der Waals surface area (Å²) in [5.41, 5.74) is 1.04. The van der Waals surface area contributed by atoms with Crippen LogP contribution in [-0.4, -0.2) is 32.4 Å². The van der Waals surface area contributed by atoms with Crippen LogP contribution in [0, 0.1) is 0 Å². The van der Waals surface area contributed by atoms with E-state index in [1.165, 1.54) is 0 Å². The maximum atomic E-state index is 9.65. The third-order valence-corrected chi connectivity index (χ3v) is 4.63. The van der Waals surface area contributed by atoms with Crippen LogP contribution in [-0.2, 0) is 15.0 Å². The highest BCUT2D eigenvalue weighted by molar-refractivity contribution is 6.37. The Bertz CT molecular complexity index is 771. The lowest BCUT2D eigenvalue weighted by molar-refractivity contribution is -0.135. The Labute approximate surface area is 188 Å². The van der Waals surface area contributed by atoms with E-state index in [2.05, 4.69) is 0 Å². The smallest absolute Gasteiger partial charge is 0.300 e. The number of aliphatic carboxylic acids is 2. The summed E-state index contributed by atoms with van der Waals surface area (Å²) in [5, 5.41) is 34.8. The molecule has 160 valence electrons. The molecular weight excluding hydrogens is 466 g/mol. The summed E-state index contributed by atoms with van der Waals surface area (Å²) < 4.78 is 0. The van der Waals surface area contributed by atoms with E-state index in [4.69, 9.17) is 66.2 Å². The number of phenolic OH excluding ortho intramolecular Hbond substituents is 2. The SMILES string of the molecule is CC(=O)O.CC(=O)O.CC(C)(c1cc(Cl)c(O)c(Cl)c1)c1cc(Cl)c(O)c(Cl)c1. The average molecular weight is 486 g/mol. The third-order valence-electron chi connectivity index (χ3n) is 3.48. The number of carbonyl (C=O) groups is 2. The molecule has 0 amide bonds. The van der Waals surface area contributed by atoms with E-state index >= 15 is 0 Å². The molecule has 0 radical (unpaired) electrons. The van der Waals surface area contributed by atoms with Crippen molar-refractivity contribution < 1.29 is 30.0 Å². The summed E-state index contributed by atoms with van der Waals surface area (Å²) in [6.45, 7) is 6.04. The topological polar surface area (TPSA) is 115 Å². The highest BCUT2D eigenvalue weighted by atomic mass is 35.5. The van der Waals surface area contributed by atoms with Gasteiger partial charge in [-0.15, -0.1) is 0 Å². The van der Waals surface area contributed by atoms with Gasteiger partial charge in [-0.1, -0.05) is 60.3 Å². The van der Waals surface area contributed by atoms with E-state index in [0.717, 1.165) is 25.0 Å². The number of benzene rings is 2. The number of carboxylic acids is 2. The lowest BCUT2D eigenvalue weighted by Gasteiger charge is -2.27. The number of rotatable bonds is 2. The first-order valence-corrected chi connectivity index (χ1v) is 9.38. The minimum Gasteiger partial charge on any atom is -0.505 e. The van der Waals surface area contributed by atoms with Crippen molar-refractivity contribution in [3.8, 4) is 11.5 Å². The molecule has 2 aromatic carbocycles. The van der Waals surface area contributed by atoms with Gasteiger partial charge in [0.25, 0.3) is 11.9 Å². The summed E-state index contributed by atoms with van der Waals surface area (Å²) in [4.78, 5) is 18.0. The van der Waals surface area contributed by atoms with Crippen molar-refractivity contribution >= 4 is 58.3 Å². The minimum atomic E-state index is -0.833. The van der Waals surface area contributed by atoms with Gasteiger partial charge in [0.2, 0.25) is 0 Å². The van der Waals surface area contributed by atoms with Crippen LogP contribution in [0.2, 0.25) is 20.1 Å². The number of phenols is 2. The molecule has 0 aromatic heterocycles. The second kappa shape index (κ2) is 11.4. The molecular formula is C19H20Cl4O6. The fourth-order valence-electron chi connectivity index (χ4n) is 2.02. The van der Waals surface area contributed by atoms with Crippen LogP contribution >= 0.6 is 46.4 Å². The van der Waals surface area contributed by atoms with Crippen LogP contribution < -0.4 is 0 Å². The standard InChI is InChI=1S/C15H12Cl4O2.2C2H4O2/c1-15(2,7-3-9(16)13(20)10(17)4-7)8-5-11(18)14(21)12(19)6-8;2*1-2(3)4/h3-6,20-21H,1-2H3;2*1H3,(H,3,4). The lowest BCUT2D eigenvalue weighted by Crippen LogP contribution is -2.19. The van der Waals surface area contributed by atoms with Gasteiger partial charge >= 0.3 is 0 Å². The highest BCUT2D eigenvalue weighted by Gasteiger charge is 2.27. The van der Waals surface area contributed by atoms with Crippen LogP contribution in [0.3, 0.4) is 0 Å². The van der Waals surface area contributed by atoms with E-state index < -0.39 is 17.4 Å². The number of carboxylic acid groups (broad SMARTS) is 2. The molecule has 0 aliphatic carbocycles. The second-order valence-corrected chi connectivity index (χ2v) is 7.87. The average Bonchev–Trinajstić information content (AvgIpc) is 2.55. The molecule has 29 heavy (non-hydrogen) atoms. The molecule has 6 nitrogen and oxygen atoms in total. The van der Waals surface area contributed by atoms with Gasteiger partial charge < -0.3 is 20.4 Å². The Hall–Kier alpha value is -1.86. The van der Waals surface area contributed by atoms with Crippen molar-refractivity contribution in [2.24, 2.45) is 0 Å². The van der Waals surface area contributed by atoms with Crippen LogP contribution in [0.25, 0.3) is 0 Å². The Balaban J connectivity index is 0.000000837. The summed E-state index contributed by atoms with van der Waals surface area (Å²) >= 11 is 23.9. The molecule has 0 atom stereocenters. The van der Waals surface area contributed by atoms with Crippen molar-refractivity contribution in [1.29, 1.82) is 0 Å². The Morgan fingerprint density at radius 3 is 1.03 bits per heavy atom. The van der Waals surface area contributed by atoms with Gasteiger partial charge in [0, 0.05) is 19.3 Å². The molecule has 4 N–H and O–H groups in total. The predicted octanol–water partition coefficient (Wildman–Crippen LogP) is 6.22. The van der Waals surface area contributed by atoms with E-state index in [9.17, 15) is 10.2 Å². The fraction of sp³-hybridized carbons (Fsp3) is 0.263. The number of aromatic hydroxyl groups is 2. The molecule has 0 aliphatic rings. The zero-order valence-electron chi connectivity index (χ0n) is 15.9. The Kier molecular flexibility index (Phi) is 10.6. The zero-order chi connectivity index (χ0) is 23.1. The first kappa shape index (κ1) is 27.1. The summed E-state index contributed by atoms with van der Waals surface area (Å²) in [5.74, 6) is -1.97. The normalized spacial score (nSPS) is 10.2. The molecule has 2 aromatic rings. The molecule has 0 saturated heterocycles. The summed E-state index contributed by atoms with van der Waals surface area (Å²) in [6.07, 6.45) is 0. The van der Waals surface area contributed by atoms with Crippen LogP contribution in [0.4, 0.5) is 0 Å². The second-order valence-electron chi connectivity index (χ2n) is 6.24. The highest BCUT2D eigenvalue weighted by Crippen LogP contribution is 2.42. The maximum absolute atomic E-state index is 9.65. The molecule has 2 rings (SSSR count). The van der Waals surface area contributed by atoms with Crippen molar-refractivity contribution in [2.75, 3.05) is 0 Å². The van der Waals surface area contributed by atoms with E-state index in [1.54, 1.807) is 24.3 Å². The van der Waals surface area contributed by atoms with Crippen molar-refractivity contribution in [2.45, 2.75) is 33.1 Å². The van der Waals surface area contributed by atoms with Crippen molar-refractivity contribution in [3.05, 3.63) is 55.5 Å². The van der Waals surface area contributed by atoms with Crippen molar-refractivity contribution in [3.63, 3.8) is 0 Å². The first-order chi connectivity index (χ1) is 13.1. The van der Waals surface area contributed by atoms with Gasteiger partial charge in [-0.2, -0.15) is 0 Å². The minimum absolute atomic E-state index is 0.153. The number of hydrogen-bond acceptors (Lipinski definition) is 4. The molecule has 0 bridgehead atoms. The van der Waals surface area contributed by atoms with Gasteiger partial charge in [0.15, 0.2) is 11.5 Å². The molecule has 0 unspecified atom stereocenters. The van der Waals surface area contributed by atoms with Gasteiger partial charge in [-0.3, -0.25) is 9.59 Å². The molecule has 0 heterocycles. The maximum Gasteiger partial charge on any atom is 0.300 e. The number of halogens is 4. The van der Waals surface area contributed by atoms with Gasteiger partial charge in [0.1, 0.15) is 0 Å². The first-order valence-electron chi connectivity index (χ1n) is 7.87. The number of hydrogen-bond donors (Lipinski definition) is 4. The van der Waals surface area contributed by atoms with Gasteiger partial charge in [-0.05, 0) is 35.4 Å².